The maximum absolute atomic E-state index is 12.7. The summed E-state index contributed by atoms with van der Waals surface area (Å²) < 4.78 is 16.7. The molecule has 0 aromatic rings. The van der Waals surface area contributed by atoms with E-state index in [2.05, 4.69) is 27.7 Å². The zero-order chi connectivity index (χ0) is 39.6. The number of ether oxygens (including phenoxy) is 3. The summed E-state index contributed by atoms with van der Waals surface area (Å²) in [5.41, 5.74) is 0. The van der Waals surface area contributed by atoms with Gasteiger partial charge in [0.1, 0.15) is 13.2 Å². The zero-order valence-electron chi connectivity index (χ0n) is 36.7. The van der Waals surface area contributed by atoms with Crippen molar-refractivity contribution in [2.45, 2.75) is 271 Å². The topological polar surface area (TPSA) is 78.9 Å². The third-order valence-electron chi connectivity index (χ3n) is 10.8. The van der Waals surface area contributed by atoms with E-state index >= 15 is 0 Å². The van der Waals surface area contributed by atoms with Crippen LogP contribution in [0.2, 0.25) is 0 Å². The summed E-state index contributed by atoms with van der Waals surface area (Å²) in [4.78, 5) is 37.6. The van der Waals surface area contributed by atoms with E-state index in [4.69, 9.17) is 14.2 Å². The lowest BCUT2D eigenvalue weighted by atomic mass is 10.0. The molecule has 0 bridgehead atoms. The summed E-state index contributed by atoms with van der Waals surface area (Å²) in [7, 11) is 0. The highest BCUT2D eigenvalue weighted by molar-refractivity contribution is 5.71. The SMILES string of the molecule is CCCCCCCCCCCCC(=O)OC[C@@H](COC(=O)CCCCCCCCC)OC(=O)CCCCCCCCCCCCCCCCCCC(C)C. The molecule has 0 amide bonds. The minimum atomic E-state index is -0.758. The summed E-state index contributed by atoms with van der Waals surface area (Å²) in [5.74, 6) is -0.00662. The van der Waals surface area contributed by atoms with Crippen LogP contribution in [0.25, 0.3) is 0 Å². The van der Waals surface area contributed by atoms with Gasteiger partial charge in [-0.2, -0.15) is 0 Å². The van der Waals surface area contributed by atoms with Gasteiger partial charge >= 0.3 is 17.9 Å². The molecule has 0 unspecified atom stereocenters. The average molecular weight is 765 g/mol. The van der Waals surface area contributed by atoms with Crippen LogP contribution in [-0.4, -0.2) is 37.2 Å². The van der Waals surface area contributed by atoms with Crippen LogP contribution in [0.3, 0.4) is 0 Å². The van der Waals surface area contributed by atoms with Gasteiger partial charge in [-0.15, -0.1) is 0 Å². The molecule has 0 aliphatic carbocycles. The van der Waals surface area contributed by atoms with Crippen LogP contribution in [0.4, 0.5) is 0 Å². The Morgan fingerprint density at radius 3 is 0.907 bits per heavy atom. The highest BCUT2D eigenvalue weighted by Crippen LogP contribution is 2.17. The first-order valence-corrected chi connectivity index (χ1v) is 23.9. The number of hydrogen-bond donors (Lipinski definition) is 0. The highest BCUT2D eigenvalue weighted by atomic mass is 16.6. The predicted octanol–water partition coefficient (Wildman–Crippen LogP) is 15.1. The molecule has 0 saturated carbocycles. The average Bonchev–Trinajstić information content (AvgIpc) is 3.15. The van der Waals surface area contributed by atoms with E-state index in [1.807, 2.05) is 0 Å². The Kier molecular flexibility index (Phi) is 41.3. The van der Waals surface area contributed by atoms with Gasteiger partial charge in [-0.1, -0.05) is 227 Å². The van der Waals surface area contributed by atoms with Crippen molar-refractivity contribution in [2.75, 3.05) is 13.2 Å². The third-order valence-corrected chi connectivity index (χ3v) is 10.8. The summed E-state index contributed by atoms with van der Waals surface area (Å²) in [6.07, 6.45) is 42.4. The molecular formula is C48H92O6. The van der Waals surface area contributed by atoms with Crippen LogP contribution in [0, 0.1) is 5.92 Å². The lowest BCUT2D eigenvalue weighted by Crippen LogP contribution is -2.30. The highest BCUT2D eigenvalue weighted by Gasteiger charge is 2.19. The molecule has 0 aliphatic rings. The van der Waals surface area contributed by atoms with Gasteiger partial charge in [0.05, 0.1) is 0 Å². The molecule has 320 valence electrons. The molecule has 6 nitrogen and oxygen atoms in total. The van der Waals surface area contributed by atoms with Crippen molar-refractivity contribution in [2.24, 2.45) is 5.92 Å². The van der Waals surface area contributed by atoms with Crippen LogP contribution < -0.4 is 0 Å². The predicted molar refractivity (Wildman–Crippen MR) is 229 cm³/mol. The van der Waals surface area contributed by atoms with Gasteiger partial charge in [-0.3, -0.25) is 14.4 Å². The fourth-order valence-corrected chi connectivity index (χ4v) is 7.16. The van der Waals surface area contributed by atoms with Gasteiger partial charge in [0.25, 0.3) is 0 Å². The Morgan fingerprint density at radius 1 is 0.352 bits per heavy atom. The summed E-state index contributed by atoms with van der Waals surface area (Å²) >= 11 is 0. The molecule has 6 heteroatoms. The molecule has 0 N–H and O–H groups in total. The molecule has 1 atom stereocenters. The first kappa shape index (κ1) is 52.4. The van der Waals surface area contributed by atoms with Crippen molar-refractivity contribution in [3.8, 4) is 0 Å². The first-order valence-electron chi connectivity index (χ1n) is 23.9. The summed E-state index contributed by atoms with van der Waals surface area (Å²) in [5, 5.41) is 0. The minimum absolute atomic E-state index is 0.0639. The number of esters is 3. The molecule has 0 spiro atoms. The second-order valence-electron chi connectivity index (χ2n) is 16.9. The summed E-state index contributed by atoms with van der Waals surface area (Å²) in [6.45, 7) is 8.97. The van der Waals surface area contributed by atoms with Crippen molar-refractivity contribution < 1.29 is 28.6 Å². The Labute approximate surface area is 336 Å². The van der Waals surface area contributed by atoms with Crippen molar-refractivity contribution in [3.63, 3.8) is 0 Å². The van der Waals surface area contributed by atoms with Crippen LogP contribution in [0.1, 0.15) is 265 Å². The molecule has 0 aliphatic heterocycles. The molecule has 0 rings (SSSR count). The summed E-state index contributed by atoms with van der Waals surface area (Å²) in [6, 6.07) is 0. The number of hydrogen-bond acceptors (Lipinski definition) is 6. The van der Waals surface area contributed by atoms with Crippen LogP contribution in [0.5, 0.6) is 0 Å². The van der Waals surface area contributed by atoms with Crippen molar-refractivity contribution >= 4 is 17.9 Å². The van der Waals surface area contributed by atoms with Gasteiger partial charge in [-0.05, 0) is 25.2 Å². The standard InChI is InChI=1S/C48H92O6/c1-5-7-9-11-13-14-24-28-32-36-40-47(50)53-43-45(42-52-46(49)39-35-31-26-12-10-8-6-2)54-48(51)41-37-33-29-25-22-20-18-16-15-17-19-21-23-27-30-34-38-44(3)4/h44-45H,5-43H2,1-4H3/t45-/m1/s1. The molecule has 0 saturated heterocycles. The smallest absolute Gasteiger partial charge is 0.306 e. The lowest BCUT2D eigenvalue weighted by molar-refractivity contribution is -0.167. The number of carbonyl (C=O) groups is 3. The fourth-order valence-electron chi connectivity index (χ4n) is 7.16. The quantitative estimate of drug-likeness (QED) is 0.0349. The maximum Gasteiger partial charge on any atom is 0.306 e. The molecular weight excluding hydrogens is 673 g/mol. The largest absolute Gasteiger partial charge is 0.462 e. The Balaban J connectivity index is 4.17. The first-order chi connectivity index (χ1) is 26.4. The van der Waals surface area contributed by atoms with Gasteiger partial charge < -0.3 is 14.2 Å². The Bertz CT molecular complexity index is 811. The van der Waals surface area contributed by atoms with Crippen LogP contribution >= 0.6 is 0 Å². The molecule has 0 fully saturated rings. The second kappa shape index (κ2) is 42.6. The van der Waals surface area contributed by atoms with E-state index in [0.717, 1.165) is 63.7 Å². The lowest BCUT2D eigenvalue weighted by Gasteiger charge is -2.18. The normalized spacial score (nSPS) is 11.9. The third kappa shape index (κ3) is 41.6. The molecule has 0 aromatic carbocycles. The van der Waals surface area contributed by atoms with E-state index in [0.29, 0.717) is 19.3 Å². The van der Waals surface area contributed by atoms with E-state index in [1.165, 1.54) is 161 Å². The Hall–Kier alpha value is -1.59. The molecule has 54 heavy (non-hydrogen) atoms. The van der Waals surface area contributed by atoms with E-state index in [-0.39, 0.29) is 31.1 Å². The van der Waals surface area contributed by atoms with Gasteiger partial charge in [0, 0.05) is 19.3 Å². The Morgan fingerprint density at radius 2 is 0.611 bits per heavy atom. The number of rotatable bonds is 43. The zero-order valence-corrected chi connectivity index (χ0v) is 36.7. The van der Waals surface area contributed by atoms with E-state index in [9.17, 15) is 14.4 Å². The number of unbranched alkanes of at least 4 members (excludes halogenated alkanes) is 30. The van der Waals surface area contributed by atoms with Crippen LogP contribution in [0.15, 0.2) is 0 Å². The molecule has 0 radical (unpaired) electrons. The molecule has 0 heterocycles. The van der Waals surface area contributed by atoms with E-state index in [1.54, 1.807) is 0 Å². The number of carbonyl (C=O) groups excluding carboxylic acids is 3. The fraction of sp³-hybridized carbons (Fsp3) is 0.938. The van der Waals surface area contributed by atoms with Gasteiger partial charge in [-0.25, -0.2) is 0 Å². The van der Waals surface area contributed by atoms with Crippen molar-refractivity contribution in [1.29, 1.82) is 0 Å². The van der Waals surface area contributed by atoms with Crippen LogP contribution in [-0.2, 0) is 28.6 Å². The van der Waals surface area contributed by atoms with Crippen molar-refractivity contribution in [3.05, 3.63) is 0 Å². The van der Waals surface area contributed by atoms with Gasteiger partial charge in [0.15, 0.2) is 6.10 Å². The van der Waals surface area contributed by atoms with E-state index < -0.39 is 6.10 Å². The second-order valence-corrected chi connectivity index (χ2v) is 16.9. The molecule has 0 aromatic heterocycles. The minimum Gasteiger partial charge on any atom is -0.462 e. The van der Waals surface area contributed by atoms with Crippen molar-refractivity contribution in [1.82, 2.24) is 0 Å². The van der Waals surface area contributed by atoms with Gasteiger partial charge in [0.2, 0.25) is 0 Å². The monoisotopic (exact) mass is 765 g/mol. The maximum atomic E-state index is 12.7.